The van der Waals surface area contributed by atoms with Crippen LogP contribution in [0.3, 0.4) is 0 Å². The minimum atomic E-state index is -3.62. The van der Waals surface area contributed by atoms with Crippen molar-refractivity contribution in [2.75, 3.05) is 23.7 Å². The van der Waals surface area contributed by atoms with E-state index in [0.717, 1.165) is 0 Å². The molecule has 2 atom stereocenters. The van der Waals surface area contributed by atoms with E-state index in [0.29, 0.717) is 30.2 Å². The molecule has 8 nitrogen and oxygen atoms in total. The summed E-state index contributed by atoms with van der Waals surface area (Å²) >= 11 is 0. The topological polar surface area (TPSA) is 126 Å². The van der Waals surface area contributed by atoms with E-state index in [1.54, 1.807) is 48.5 Å². The van der Waals surface area contributed by atoms with E-state index in [4.69, 9.17) is 5.73 Å². The van der Waals surface area contributed by atoms with Gasteiger partial charge in [-0.15, -0.1) is 0 Å². The SMILES string of the molecule is NC(=O)c1cnc(Nc2ccc(S(=O)(=O)c3ccccc3)cc2)cc1N[C@@H]1CCNC[C@@H]1F. The van der Waals surface area contributed by atoms with Crippen molar-refractivity contribution >= 4 is 32.9 Å². The van der Waals surface area contributed by atoms with Crippen molar-refractivity contribution in [3.05, 3.63) is 72.4 Å². The van der Waals surface area contributed by atoms with Crippen molar-refractivity contribution in [3.8, 4) is 0 Å². The molecular weight excluding hydrogens is 445 g/mol. The Balaban J connectivity index is 1.54. The Morgan fingerprint density at radius 1 is 1.09 bits per heavy atom. The molecule has 172 valence electrons. The second-order valence-electron chi connectivity index (χ2n) is 7.70. The van der Waals surface area contributed by atoms with Crippen LogP contribution in [-0.4, -0.2) is 44.6 Å². The molecule has 1 aliphatic heterocycles. The number of hydrogen-bond donors (Lipinski definition) is 4. The molecule has 3 aromatic rings. The highest BCUT2D eigenvalue weighted by atomic mass is 32.2. The first-order valence-electron chi connectivity index (χ1n) is 10.4. The number of pyridine rings is 1. The number of nitrogens with two attached hydrogens (primary N) is 1. The van der Waals surface area contributed by atoms with Crippen LogP contribution in [0.4, 0.5) is 21.6 Å². The molecule has 1 amide bonds. The number of anilines is 3. The number of alkyl halides is 1. The fraction of sp³-hybridized carbons (Fsp3) is 0.217. The van der Waals surface area contributed by atoms with Crippen LogP contribution in [-0.2, 0) is 9.84 Å². The normalized spacial score (nSPS) is 18.5. The van der Waals surface area contributed by atoms with Crippen LogP contribution in [0.2, 0.25) is 0 Å². The van der Waals surface area contributed by atoms with E-state index in [1.807, 2.05) is 0 Å². The maximum atomic E-state index is 14.2. The molecule has 10 heteroatoms. The van der Waals surface area contributed by atoms with Gasteiger partial charge in [-0.3, -0.25) is 4.79 Å². The predicted molar refractivity (Wildman–Crippen MR) is 124 cm³/mol. The van der Waals surface area contributed by atoms with Crippen molar-refractivity contribution in [2.24, 2.45) is 5.73 Å². The lowest BCUT2D eigenvalue weighted by Gasteiger charge is -2.29. The maximum Gasteiger partial charge on any atom is 0.252 e. The maximum absolute atomic E-state index is 14.2. The van der Waals surface area contributed by atoms with E-state index in [1.165, 1.54) is 18.3 Å². The quantitative estimate of drug-likeness (QED) is 0.419. The van der Waals surface area contributed by atoms with Gasteiger partial charge in [0.1, 0.15) is 12.0 Å². The zero-order chi connectivity index (χ0) is 23.4. The predicted octanol–water partition coefficient (Wildman–Crippen LogP) is 2.87. The number of rotatable bonds is 7. The lowest BCUT2D eigenvalue weighted by atomic mass is 10.0. The summed E-state index contributed by atoms with van der Waals surface area (Å²) in [6.45, 7) is 0.899. The minimum Gasteiger partial charge on any atom is -0.378 e. The lowest BCUT2D eigenvalue weighted by molar-refractivity contribution is 0.100. The van der Waals surface area contributed by atoms with E-state index in [-0.39, 0.29) is 21.9 Å². The third-order valence-corrected chi connectivity index (χ3v) is 7.19. The monoisotopic (exact) mass is 469 g/mol. The Morgan fingerprint density at radius 3 is 2.45 bits per heavy atom. The number of halogens is 1. The molecule has 4 rings (SSSR count). The Kier molecular flexibility index (Phi) is 6.57. The van der Waals surface area contributed by atoms with Gasteiger partial charge in [0.25, 0.3) is 5.91 Å². The fourth-order valence-electron chi connectivity index (χ4n) is 3.62. The Morgan fingerprint density at radius 2 is 1.79 bits per heavy atom. The zero-order valence-corrected chi connectivity index (χ0v) is 18.5. The van der Waals surface area contributed by atoms with Crippen molar-refractivity contribution in [1.29, 1.82) is 0 Å². The van der Waals surface area contributed by atoms with E-state index in [9.17, 15) is 17.6 Å². The number of amides is 1. The number of benzene rings is 2. The summed E-state index contributed by atoms with van der Waals surface area (Å²) in [5.74, 6) is -0.276. The summed E-state index contributed by atoms with van der Waals surface area (Å²) < 4.78 is 39.7. The van der Waals surface area contributed by atoms with Crippen LogP contribution in [0.1, 0.15) is 16.8 Å². The van der Waals surface area contributed by atoms with Crippen LogP contribution in [0.15, 0.2) is 76.7 Å². The van der Waals surface area contributed by atoms with Gasteiger partial charge in [-0.2, -0.15) is 0 Å². The van der Waals surface area contributed by atoms with Crippen molar-refractivity contribution in [1.82, 2.24) is 10.3 Å². The molecule has 0 unspecified atom stereocenters. The van der Waals surface area contributed by atoms with Gasteiger partial charge in [0, 0.05) is 24.5 Å². The second-order valence-corrected chi connectivity index (χ2v) is 9.65. The Labute approximate surface area is 191 Å². The second kappa shape index (κ2) is 9.55. The molecule has 1 saturated heterocycles. The van der Waals surface area contributed by atoms with Crippen LogP contribution >= 0.6 is 0 Å². The van der Waals surface area contributed by atoms with Gasteiger partial charge in [-0.1, -0.05) is 18.2 Å². The van der Waals surface area contributed by atoms with Gasteiger partial charge >= 0.3 is 0 Å². The Bertz CT molecular complexity index is 1240. The average Bonchev–Trinajstić information content (AvgIpc) is 2.81. The number of carbonyl (C=O) groups excluding carboxylic acids is 1. The number of nitrogens with one attached hydrogen (secondary N) is 3. The summed E-state index contributed by atoms with van der Waals surface area (Å²) in [6, 6.07) is 15.6. The number of piperidine rings is 1. The highest BCUT2D eigenvalue weighted by molar-refractivity contribution is 7.91. The first kappa shape index (κ1) is 22.7. The Hall–Kier alpha value is -3.50. The molecule has 0 saturated carbocycles. The molecule has 33 heavy (non-hydrogen) atoms. The van der Waals surface area contributed by atoms with Gasteiger partial charge in [0.15, 0.2) is 0 Å². The third kappa shape index (κ3) is 5.12. The molecule has 0 spiro atoms. The van der Waals surface area contributed by atoms with Crippen molar-refractivity contribution < 1.29 is 17.6 Å². The van der Waals surface area contributed by atoms with E-state index in [2.05, 4.69) is 20.9 Å². The number of primary amides is 1. The van der Waals surface area contributed by atoms with Crippen molar-refractivity contribution in [2.45, 2.75) is 28.4 Å². The van der Waals surface area contributed by atoms with E-state index >= 15 is 0 Å². The standard InChI is InChI=1S/C23H24FN5O3S/c24-19-14-26-11-10-20(19)29-21-12-22(27-13-18(21)23(25)30)28-15-6-8-17(9-7-15)33(31,32)16-4-2-1-3-5-16/h1-9,12-13,19-20,26H,10-11,14H2,(H2,25,30)(H2,27,28,29)/t19-,20+/m0/s1. The summed E-state index contributed by atoms with van der Waals surface area (Å²) in [7, 11) is -3.62. The summed E-state index contributed by atoms with van der Waals surface area (Å²) in [5, 5.41) is 9.14. The largest absolute Gasteiger partial charge is 0.378 e. The van der Waals surface area contributed by atoms with Crippen LogP contribution in [0.5, 0.6) is 0 Å². The molecule has 2 aromatic carbocycles. The summed E-state index contributed by atoms with van der Waals surface area (Å²) in [4.78, 5) is 16.4. The molecule has 2 heterocycles. The zero-order valence-electron chi connectivity index (χ0n) is 17.7. The molecule has 1 fully saturated rings. The van der Waals surface area contributed by atoms with Gasteiger partial charge < -0.3 is 21.7 Å². The van der Waals surface area contributed by atoms with E-state index < -0.39 is 28.0 Å². The first-order chi connectivity index (χ1) is 15.8. The third-order valence-electron chi connectivity index (χ3n) is 5.41. The number of nitrogens with zero attached hydrogens (tertiary/aromatic N) is 1. The van der Waals surface area contributed by atoms with Crippen LogP contribution in [0, 0.1) is 0 Å². The number of aromatic nitrogens is 1. The molecule has 5 N–H and O–H groups in total. The highest BCUT2D eigenvalue weighted by Crippen LogP contribution is 2.26. The first-order valence-corrected chi connectivity index (χ1v) is 11.9. The minimum absolute atomic E-state index is 0.163. The lowest BCUT2D eigenvalue weighted by Crippen LogP contribution is -2.45. The van der Waals surface area contributed by atoms with Crippen molar-refractivity contribution in [3.63, 3.8) is 0 Å². The summed E-state index contributed by atoms with van der Waals surface area (Å²) in [6.07, 6.45) is 0.778. The fourth-order valence-corrected chi connectivity index (χ4v) is 4.91. The molecule has 0 bridgehead atoms. The highest BCUT2D eigenvalue weighted by Gasteiger charge is 2.26. The number of carbonyl (C=O) groups is 1. The van der Waals surface area contributed by atoms with Gasteiger partial charge in [0.2, 0.25) is 9.84 Å². The van der Waals surface area contributed by atoms with Crippen LogP contribution < -0.4 is 21.7 Å². The van der Waals surface area contributed by atoms with Gasteiger partial charge in [-0.25, -0.2) is 17.8 Å². The van der Waals surface area contributed by atoms with Gasteiger partial charge in [0.05, 0.1) is 27.1 Å². The average molecular weight is 470 g/mol. The molecule has 0 radical (unpaired) electrons. The smallest absolute Gasteiger partial charge is 0.252 e. The summed E-state index contributed by atoms with van der Waals surface area (Å²) in [5.41, 5.74) is 6.60. The van der Waals surface area contributed by atoms with Gasteiger partial charge in [-0.05, 0) is 49.4 Å². The van der Waals surface area contributed by atoms with Crippen LogP contribution in [0.25, 0.3) is 0 Å². The molecule has 1 aromatic heterocycles. The number of hydrogen-bond acceptors (Lipinski definition) is 7. The molecule has 1 aliphatic rings. The molecular formula is C23H24FN5O3S. The number of sulfone groups is 1. The molecule has 0 aliphatic carbocycles.